The van der Waals surface area contributed by atoms with Gasteiger partial charge in [-0.3, -0.25) is 9.59 Å². The molecule has 2 aromatic rings. The fourth-order valence-electron chi connectivity index (χ4n) is 3.89. The average Bonchev–Trinajstić information content (AvgIpc) is 2.81. The fourth-order valence-corrected chi connectivity index (χ4v) is 6.22. The van der Waals surface area contributed by atoms with Crippen molar-refractivity contribution in [3.05, 3.63) is 59.2 Å². The number of rotatable bonds is 11. The third-order valence-corrected chi connectivity index (χ3v) is 8.64. The third kappa shape index (κ3) is 6.80. The van der Waals surface area contributed by atoms with Gasteiger partial charge in [-0.1, -0.05) is 56.2 Å². The highest BCUT2D eigenvalue weighted by Gasteiger charge is 2.39. The zero-order valence-electron chi connectivity index (χ0n) is 20.2. The van der Waals surface area contributed by atoms with Crippen LogP contribution in [0.5, 0.6) is 0 Å². The zero-order chi connectivity index (χ0) is 23.8. The molecule has 0 fully saturated rings. The van der Waals surface area contributed by atoms with Crippen molar-refractivity contribution in [3.63, 3.8) is 0 Å². The number of fused-ring (bicyclic) bond motifs is 1. The summed E-state index contributed by atoms with van der Waals surface area (Å²) in [7, 11) is 0. The maximum atomic E-state index is 13.6. The molecule has 0 spiro atoms. The summed E-state index contributed by atoms with van der Waals surface area (Å²) in [5.74, 6) is 1.82. The summed E-state index contributed by atoms with van der Waals surface area (Å²) in [6.07, 6.45) is 3.42. The van der Waals surface area contributed by atoms with Crippen molar-refractivity contribution in [2.45, 2.75) is 63.6 Å². The van der Waals surface area contributed by atoms with Crippen LogP contribution in [-0.2, 0) is 16.1 Å². The second-order valence-electron chi connectivity index (χ2n) is 8.76. The van der Waals surface area contributed by atoms with E-state index in [4.69, 9.17) is 0 Å². The van der Waals surface area contributed by atoms with Crippen molar-refractivity contribution in [1.82, 2.24) is 5.32 Å². The number of para-hydroxylation sites is 1. The summed E-state index contributed by atoms with van der Waals surface area (Å²) < 4.78 is 0. The molecule has 178 valence electrons. The van der Waals surface area contributed by atoms with Gasteiger partial charge in [0.2, 0.25) is 11.8 Å². The number of hydrogen-bond donors (Lipinski definition) is 1. The predicted molar refractivity (Wildman–Crippen MR) is 142 cm³/mol. The van der Waals surface area contributed by atoms with Crippen molar-refractivity contribution in [1.29, 1.82) is 0 Å². The van der Waals surface area contributed by atoms with Crippen molar-refractivity contribution in [3.8, 4) is 0 Å². The number of aryl methyl sites for hydroxylation is 2. The van der Waals surface area contributed by atoms with Crippen LogP contribution in [0.3, 0.4) is 0 Å². The first kappa shape index (κ1) is 25.7. The molecule has 4 nitrogen and oxygen atoms in total. The van der Waals surface area contributed by atoms with Crippen LogP contribution >= 0.6 is 23.5 Å². The van der Waals surface area contributed by atoms with Crippen LogP contribution in [0.25, 0.3) is 0 Å². The molecule has 0 bridgehead atoms. The number of nitrogens with zero attached hydrogens (tertiary/aromatic N) is 1. The second-order valence-corrected chi connectivity index (χ2v) is 11.2. The highest BCUT2D eigenvalue weighted by molar-refractivity contribution is 8.01. The third-order valence-electron chi connectivity index (χ3n) is 6.03. The standard InChI is InChI=1S/C27H36N2O2S2/c1-5-6-15-32-16-9-14-28-26(30)21(4)25-27(31)29(23-10-7-8-11-24(23)33-25)18-22-17-19(2)12-13-20(22)3/h7-8,10-13,17,21,25H,5-6,9,14-16,18H2,1-4H3,(H,28,30). The van der Waals surface area contributed by atoms with E-state index in [9.17, 15) is 9.59 Å². The number of benzene rings is 2. The molecule has 1 aliphatic rings. The summed E-state index contributed by atoms with van der Waals surface area (Å²) in [5, 5.41) is 2.63. The molecule has 33 heavy (non-hydrogen) atoms. The number of carbonyl (C=O) groups is 2. The minimum Gasteiger partial charge on any atom is -0.356 e. The quantitative estimate of drug-likeness (QED) is 0.398. The molecular formula is C27H36N2O2S2. The van der Waals surface area contributed by atoms with Gasteiger partial charge in [-0.15, -0.1) is 11.8 Å². The zero-order valence-corrected chi connectivity index (χ0v) is 21.9. The van der Waals surface area contributed by atoms with Crippen molar-refractivity contribution in [2.24, 2.45) is 5.92 Å². The van der Waals surface area contributed by atoms with Gasteiger partial charge in [-0.25, -0.2) is 0 Å². The van der Waals surface area contributed by atoms with Gasteiger partial charge < -0.3 is 10.2 Å². The van der Waals surface area contributed by atoms with E-state index < -0.39 is 11.2 Å². The van der Waals surface area contributed by atoms with E-state index >= 15 is 0 Å². The van der Waals surface area contributed by atoms with Crippen LogP contribution in [0.2, 0.25) is 0 Å². The number of nitrogens with one attached hydrogen (secondary N) is 1. The Morgan fingerprint density at radius 1 is 1.15 bits per heavy atom. The Morgan fingerprint density at radius 2 is 1.91 bits per heavy atom. The van der Waals surface area contributed by atoms with E-state index in [0.29, 0.717) is 13.1 Å². The van der Waals surface area contributed by atoms with Crippen LogP contribution < -0.4 is 10.2 Å². The molecule has 0 aliphatic carbocycles. The number of unbranched alkanes of at least 4 members (excludes halogenated alkanes) is 1. The highest BCUT2D eigenvalue weighted by atomic mass is 32.2. The summed E-state index contributed by atoms with van der Waals surface area (Å²) >= 11 is 3.47. The van der Waals surface area contributed by atoms with Crippen LogP contribution in [-0.4, -0.2) is 35.1 Å². The number of hydrogen-bond acceptors (Lipinski definition) is 4. The molecule has 3 rings (SSSR count). The van der Waals surface area contributed by atoms with Crippen LogP contribution in [0.15, 0.2) is 47.4 Å². The lowest BCUT2D eigenvalue weighted by Gasteiger charge is -2.36. The minimum absolute atomic E-state index is 0.0115. The van der Waals surface area contributed by atoms with Crippen molar-refractivity contribution >= 4 is 41.0 Å². The predicted octanol–water partition coefficient (Wildman–Crippen LogP) is 5.99. The van der Waals surface area contributed by atoms with Gasteiger partial charge in [0.25, 0.3) is 0 Å². The lowest BCUT2D eigenvalue weighted by atomic mass is 10.0. The van der Waals surface area contributed by atoms with Crippen LogP contribution in [0.4, 0.5) is 5.69 Å². The number of anilines is 1. The maximum Gasteiger partial charge on any atom is 0.241 e. The van der Waals surface area contributed by atoms with E-state index in [1.165, 1.54) is 41.5 Å². The van der Waals surface area contributed by atoms with E-state index in [1.54, 1.807) is 0 Å². The molecule has 2 amide bonds. The minimum atomic E-state index is -0.427. The van der Waals surface area contributed by atoms with E-state index in [-0.39, 0.29) is 11.8 Å². The lowest BCUT2D eigenvalue weighted by molar-refractivity contribution is -0.128. The summed E-state index contributed by atoms with van der Waals surface area (Å²) in [6.45, 7) is 9.42. The Morgan fingerprint density at radius 3 is 2.70 bits per heavy atom. The summed E-state index contributed by atoms with van der Waals surface area (Å²) in [5.41, 5.74) is 4.42. The molecule has 2 unspecified atom stereocenters. The first-order chi connectivity index (χ1) is 15.9. The molecule has 1 aliphatic heterocycles. The van der Waals surface area contributed by atoms with Gasteiger partial charge in [-0.2, -0.15) is 11.8 Å². The summed E-state index contributed by atoms with van der Waals surface area (Å²) in [4.78, 5) is 29.5. The SMILES string of the molecule is CCCCSCCCNC(=O)C(C)C1Sc2ccccc2N(Cc2cc(C)ccc2C)C1=O. The highest BCUT2D eigenvalue weighted by Crippen LogP contribution is 2.42. The number of thioether (sulfide) groups is 2. The number of amides is 2. The van der Waals surface area contributed by atoms with E-state index in [1.807, 2.05) is 47.9 Å². The Kier molecular flexibility index (Phi) is 9.75. The molecule has 1 heterocycles. The normalized spacial score (nSPS) is 16.4. The largest absolute Gasteiger partial charge is 0.356 e. The Hall–Kier alpha value is -1.92. The maximum absolute atomic E-state index is 13.6. The van der Waals surface area contributed by atoms with Gasteiger partial charge in [-0.05, 0) is 61.5 Å². The first-order valence-electron chi connectivity index (χ1n) is 11.9. The molecule has 0 saturated heterocycles. The van der Waals surface area contributed by atoms with E-state index in [0.717, 1.165) is 28.3 Å². The average molecular weight is 485 g/mol. The lowest BCUT2D eigenvalue weighted by Crippen LogP contribution is -2.47. The molecule has 0 saturated carbocycles. The van der Waals surface area contributed by atoms with Gasteiger partial charge in [0.1, 0.15) is 5.25 Å². The molecule has 2 aromatic carbocycles. The second kappa shape index (κ2) is 12.5. The van der Waals surface area contributed by atoms with Gasteiger partial charge in [0, 0.05) is 11.4 Å². The molecule has 0 aromatic heterocycles. The van der Waals surface area contributed by atoms with Gasteiger partial charge in [0.15, 0.2) is 0 Å². The van der Waals surface area contributed by atoms with Gasteiger partial charge in [0.05, 0.1) is 18.2 Å². The smallest absolute Gasteiger partial charge is 0.241 e. The number of carbonyl (C=O) groups excluding carboxylic acids is 2. The molecule has 0 radical (unpaired) electrons. The molecule has 2 atom stereocenters. The van der Waals surface area contributed by atoms with E-state index in [2.05, 4.69) is 44.3 Å². The van der Waals surface area contributed by atoms with Crippen LogP contribution in [0.1, 0.15) is 49.8 Å². The van der Waals surface area contributed by atoms with Gasteiger partial charge >= 0.3 is 0 Å². The molecular weight excluding hydrogens is 448 g/mol. The topological polar surface area (TPSA) is 49.4 Å². The summed E-state index contributed by atoms with van der Waals surface area (Å²) in [6, 6.07) is 14.4. The Balaban J connectivity index is 1.68. The van der Waals surface area contributed by atoms with Crippen LogP contribution in [0, 0.1) is 19.8 Å². The Labute approximate surface area is 207 Å². The Bertz CT molecular complexity index is 963. The van der Waals surface area contributed by atoms with Crippen molar-refractivity contribution < 1.29 is 9.59 Å². The molecule has 1 N–H and O–H groups in total. The van der Waals surface area contributed by atoms with Crippen molar-refractivity contribution in [2.75, 3.05) is 23.0 Å². The fraction of sp³-hybridized carbons (Fsp3) is 0.481. The monoisotopic (exact) mass is 484 g/mol. The first-order valence-corrected chi connectivity index (χ1v) is 13.9. The molecule has 6 heteroatoms.